The Balaban J connectivity index is 1.23. The minimum atomic E-state index is 0.664. The molecule has 14 rings (SSSR count). The minimum Gasteiger partial charge on any atom is -0.456 e. The Hall–Kier alpha value is -7.08. The Morgan fingerprint density at radius 3 is 1.84 bits per heavy atom. The summed E-state index contributed by atoms with van der Waals surface area (Å²) in [7, 11) is 0. The van der Waals surface area contributed by atoms with E-state index in [0.29, 0.717) is 5.95 Å². The summed E-state index contributed by atoms with van der Waals surface area (Å²) in [5.41, 5.74) is 6.87. The number of para-hydroxylation sites is 1. The number of benzene rings is 8. The highest BCUT2D eigenvalue weighted by molar-refractivity contribution is 7.26. The average Bonchev–Trinajstić information content (AvgIpc) is 3.97. The van der Waals surface area contributed by atoms with Gasteiger partial charge in [-0.05, 0) is 78.8 Å². The van der Waals surface area contributed by atoms with Gasteiger partial charge in [0.15, 0.2) is 0 Å². The lowest BCUT2D eigenvalue weighted by molar-refractivity contribution is 0.669. The van der Waals surface area contributed by atoms with Crippen molar-refractivity contribution in [2.75, 3.05) is 0 Å². The second-order valence-electron chi connectivity index (χ2n) is 14.8. The molecule has 0 bridgehead atoms. The van der Waals surface area contributed by atoms with Gasteiger partial charge >= 0.3 is 0 Å². The van der Waals surface area contributed by atoms with E-state index < -0.39 is 0 Å². The predicted octanol–water partition coefficient (Wildman–Crippen LogP) is 14.1. The Kier molecular flexibility index (Phi) is 5.12. The maximum atomic E-state index is 6.42. The zero-order valence-corrected chi connectivity index (χ0v) is 29.9. The van der Waals surface area contributed by atoms with Crippen LogP contribution >= 0.6 is 11.3 Å². The van der Waals surface area contributed by atoms with E-state index in [1.54, 1.807) is 11.3 Å². The van der Waals surface area contributed by atoms with E-state index in [2.05, 4.69) is 144 Å². The fourth-order valence-electron chi connectivity index (χ4n) is 9.94. The summed E-state index contributed by atoms with van der Waals surface area (Å²) in [4.78, 5) is 11.2. The first kappa shape index (κ1) is 28.4. The molecular weight excluding hydrogens is 691 g/mol. The molecule has 4 heterocycles. The van der Waals surface area contributed by atoms with Gasteiger partial charge in [-0.1, -0.05) is 121 Å². The third kappa shape index (κ3) is 3.44. The maximum absolute atomic E-state index is 6.42. The standard InChI is InChI=1S/C50H25N3OS/c1-2-12-27-26(11-1)30-17-9-19-37-44(30)46-38(25-36-29-14-4-3-13-28(29)31-23-24-32(27)45(46)43(31)36)53(37)50-51-47-34-16-6-8-22-41(34)55-49(47)48(52-50)35-18-10-21-40-42(35)33-15-5-7-20-39(33)54-40/h1-25H. The molecule has 55 heavy (non-hydrogen) atoms. The Bertz CT molecular complexity index is 3960. The summed E-state index contributed by atoms with van der Waals surface area (Å²) in [5, 5.41) is 18.6. The molecule has 5 heteroatoms. The molecule has 0 saturated heterocycles. The molecule has 0 spiro atoms. The smallest absolute Gasteiger partial charge is 0.235 e. The van der Waals surface area contributed by atoms with Crippen LogP contribution in [0.1, 0.15) is 0 Å². The zero-order chi connectivity index (χ0) is 35.5. The van der Waals surface area contributed by atoms with Crippen LogP contribution in [0.15, 0.2) is 156 Å². The summed E-state index contributed by atoms with van der Waals surface area (Å²) in [5.74, 6) is 0.664. The highest BCUT2D eigenvalue weighted by Crippen LogP contribution is 2.51. The number of fused-ring (bicyclic) bond motifs is 12. The van der Waals surface area contributed by atoms with E-state index in [9.17, 15) is 0 Å². The molecular formula is C50H25N3OS. The summed E-state index contributed by atoms with van der Waals surface area (Å²) in [6.45, 7) is 0. The van der Waals surface area contributed by atoms with Crippen LogP contribution in [0.5, 0.6) is 0 Å². The fraction of sp³-hybridized carbons (Fsp3) is 0. The van der Waals surface area contributed by atoms with Gasteiger partial charge in [-0.2, -0.15) is 0 Å². The number of furan rings is 1. The molecule has 0 amide bonds. The average molecular weight is 716 g/mol. The lowest BCUT2D eigenvalue weighted by Gasteiger charge is -2.12. The van der Waals surface area contributed by atoms with Gasteiger partial charge in [0.05, 0.1) is 26.9 Å². The first-order valence-corrected chi connectivity index (χ1v) is 19.5. The molecule has 0 N–H and O–H groups in total. The largest absolute Gasteiger partial charge is 0.456 e. The molecule has 0 unspecified atom stereocenters. The number of rotatable bonds is 2. The molecule has 0 fully saturated rings. The van der Waals surface area contributed by atoms with Crippen LogP contribution in [-0.4, -0.2) is 14.5 Å². The predicted molar refractivity (Wildman–Crippen MR) is 232 cm³/mol. The van der Waals surface area contributed by atoms with Crippen molar-refractivity contribution in [2.45, 2.75) is 0 Å². The van der Waals surface area contributed by atoms with Gasteiger partial charge in [0, 0.05) is 42.6 Å². The maximum Gasteiger partial charge on any atom is 0.235 e. The van der Waals surface area contributed by atoms with E-state index in [4.69, 9.17) is 14.4 Å². The molecule has 0 aliphatic rings. The van der Waals surface area contributed by atoms with Crippen molar-refractivity contribution < 1.29 is 4.42 Å². The first-order valence-electron chi connectivity index (χ1n) is 18.7. The lowest BCUT2D eigenvalue weighted by Crippen LogP contribution is -2.03. The van der Waals surface area contributed by atoms with Crippen LogP contribution in [0.3, 0.4) is 0 Å². The molecule has 0 aliphatic carbocycles. The molecule has 0 atom stereocenters. The van der Waals surface area contributed by atoms with Gasteiger partial charge < -0.3 is 4.42 Å². The number of nitrogens with zero attached hydrogens (tertiary/aromatic N) is 3. The van der Waals surface area contributed by atoms with Crippen molar-refractivity contribution >= 4 is 129 Å². The van der Waals surface area contributed by atoms with Crippen molar-refractivity contribution in [1.29, 1.82) is 0 Å². The monoisotopic (exact) mass is 715 g/mol. The number of hydrogen-bond acceptors (Lipinski definition) is 4. The molecule has 0 aliphatic heterocycles. The summed E-state index contributed by atoms with van der Waals surface area (Å²) < 4.78 is 11.0. The highest BCUT2D eigenvalue weighted by atomic mass is 32.1. The first-order chi connectivity index (χ1) is 27.3. The molecule has 0 saturated carbocycles. The number of aromatic nitrogens is 3. The molecule has 14 aromatic rings. The van der Waals surface area contributed by atoms with E-state index in [0.717, 1.165) is 59.8 Å². The van der Waals surface area contributed by atoms with Gasteiger partial charge in [-0.25, -0.2) is 9.97 Å². The van der Waals surface area contributed by atoms with Gasteiger partial charge in [0.1, 0.15) is 11.2 Å². The Morgan fingerprint density at radius 2 is 1.04 bits per heavy atom. The quantitative estimate of drug-likeness (QED) is 0.179. The van der Waals surface area contributed by atoms with Crippen molar-refractivity contribution in [1.82, 2.24) is 14.5 Å². The van der Waals surface area contributed by atoms with Gasteiger partial charge in [0.25, 0.3) is 0 Å². The summed E-state index contributed by atoms with van der Waals surface area (Å²) in [6, 6.07) is 54.9. The van der Waals surface area contributed by atoms with E-state index in [1.807, 2.05) is 12.1 Å². The fourth-order valence-corrected chi connectivity index (χ4v) is 11.1. The molecule has 252 valence electrons. The van der Waals surface area contributed by atoms with Crippen molar-refractivity contribution in [3.63, 3.8) is 0 Å². The number of thiophene rings is 1. The summed E-state index contributed by atoms with van der Waals surface area (Å²) in [6.07, 6.45) is 0. The zero-order valence-electron chi connectivity index (χ0n) is 29.1. The second-order valence-corrected chi connectivity index (χ2v) is 15.8. The third-order valence-corrected chi connectivity index (χ3v) is 13.3. The minimum absolute atomic E-state index is 0.664. The van der Waals surface area contributed by atoms with Crippen LogP contribution in [0, 0.1) is 0 Å². The van der Waals surface area contributed by atoms with Crippen LogP contribution < -0.4 is 0 Å². The molecule has 4 nitrogen and oxygen atoms in total. The highest BCUT2D eigenvalue weighted by Gasteiger charge is 2.27. The van der Waals surface area contributed by atoms with Crippen molar-refractivity contribution in [3.8, 4) is 17.2 Å². The van der Waals surface area contributed by atoms with Gasteiger partial charge in [-0.15, -0.1) is 11.3 Å². The van der Waals surface area contributed by atoms with E-state index in [-0.39, 0.29) is 0 Å². The molecule has 4 aromatic heterocycles. The van der Waals surface area contributed by atoms with E-state index >= 15 is 0 Å². The SMILES string of the molecule is c1ccc2c(c1)oc1cccc(-c3nc(-n4c5cccc6c7ccccc7c7ccc8c9ccccc9c9cc4c(c7c89)c65)nc4c3sc3ccccc34)c12. The Labute approximate surface area is 315 Å². The molecule has 0 radical (unpaired) electrons. The van der Waals surface area contributed by atoms with Crippen molar-refractivity contribution in [3.05, 3.63) is 152 Å². The van der Waals surface area contributed by atoms with Crippen LogP contribution in [0.25, 0.3) is 135 Å². The van der Waals surface area contributed by atoms with Crippen LogP contribution in [0.2, 0.25) is 0 Å². The number of hydrogen-bond donors (Lipinski definition) is 0. The van der Waals surface area contributed by atoms with E-state index in [1.165, 1.54) is 69.3 Å². The molecule has 10 aromatic carbocycles. The van der Waals surface area contributed by atoms with Crippen molar-refractivity contribution in [2.24, 2.45) is 0 Å². The van der Waals surface area contributed by atoms with Gasteiger partial charge in [-0.3, -0.25) is 4.57 Å². The third-order valence-electron chi connectivity index (χ3n) is 12.1. The topological polar surface area (TPSA) is 43.9 Å². The van der Waals surface area contributed by atoms with Crippen LogP contribution in [-0.2, 0) is 0 Å². The second kappa shape index (κ2) is 9.91. The van der Waals surface area contributed by atoms with Gasteiger partial charge in [0.2, 0.25) is 5.95 Å². The lowest BCUT2D eigenvalue weighted by atomic mass is 9.97. The van der Waals surface area contributed by atoms with Crippen LogP contribution in [0.4, 0.5) is 0 Å². The normalized spacial score (nSPS) is 12.7. The Morgan fingerprint density at radius 1 is 0.418 bits per heavy atom. The summed E-state index contributed by atoms with van der Waals surface area (Å²) >= 11 is 1.76.